The van der Waals surface area contributed by atoms with Crippen LogP contribution in [-0.2, 0) is 0 Å². The Kier molecular flexibility index (Phi) is 7.98. The van der Waals surface area contributed by atoms with Crippen molar-refractivity contribution >= 4 is 5.96 Å². The first kappa shape index (κ1) is 20.9. The van der Waals surface area contributed by atoms with E-state index in [9.17, 15) is 0 Å². The average molecular weight is 388 g/mol. The van der Waals surface area contributed by atoms with Crippen LogP contribution in [0.2, 0.25) is 0 Å². The van der Waals surface area contributed by atoms with Gasteiger partial charge < -0.3 is 20.3 Å². The zero-order valence-electron chi connectivity index (χ0n) is 17.8. The molecule has 2 aliphatic heterocycles. The maximum atomic E-state index is 5.32. The van der Waals surface area contributed by atoms with E-state index in [1.165, 1.54) is 57.4 Å². The first-order valence-corrected chi connectivity index (χ1v) is 10.7. The van der Waals surface area contributed by atoms with E-state index in [0.717, 1.165) is 30.7 Å². The standard InChI is InChI=1S/C22H37N5O/c1-23-22(24-16-18-10-14-26(2)15-11-18)25-17-21(27-12-4-5-13-27)19-6-8-20(28-3)9-7-19/h6-9,18,21H,4-5,10-17H2,1-3H3,(H2,23,24,25). The van der Waals surface area contributed by atoms with Crippen LogP contribution in [0.25, 0.3) is 0 Å². The van der Waals surface area contributed by atoms with E-state index in [1.807, 2.05) is 7.05 Å². The lowest BCUT2D eigenvalue weighted by atomic mass is 9.97. The number of piperidine rings is 1. The minimum Gasteiger partial charge on any atom is -0.497 e. The van der Waals surface area contributed by atoms with E-state index in [4.69, 9.17) is 4.74 Å². The van der Waals surface area contributed by atoms with Crippen LogP contribution in [0.4, 0.5) is 0 Å². The van der Waals surface area contributed by atoms with Crippen LogP contribution in [-0.4, -0.2) is 76.2 Å². The molecule has 3 rings (SSSR count). The molecule has 0 amide bonds. The van der Waals surface area contributed by atoms with Gasteiger partial charge in [-0.25, -0.2) is 0 Å². The van der Waals surface area contributed by atoms with Gasteiger partial charge in [-0.2, -0.15) is 0 Å². The minimum atomic E-state index is 0.357. The summed E-state index contributed by atoms with van der Waals surface area (Å²) in [6, 6.07) is 8.86. The fraction of sp³-hybridized carbons (Fsp3) is 0.682. The number of likely N-dealkylation sites (tertiary alicyclic amines) is 2. The van der Waals surface area contributed by atoms with E-state index >= 15 is 0 Å². The Hall–Kier alpha value is -1.79. The molecule has 28 heavy (non-hydrogen) atoms. The summed E-state index contributed by atoms with van der Waals surface area (Å²) in [6.07, 6.45) is 5.11. The fourth-order valence-electron chi connectivity index (χ4n) is 4.26. The molecule has 2 heterocycles. The summed E-state index contributed by atoms with van der Waals surface area (Å²) in [5.74, 6) is 2.56. The molecule has 1 atom stereocenters. The number of nitrogens with one attached hydrogen (secondary N) is 2. The molecule has 2 fully saturated rings. The smallest absolute Gasteiger partial charge is 0.191 e. The predicted octanol–water partition coefficient (Wildman–Crippen LogP) is 2.34. The third-order valence-corrected chi connectivity index (χ3v) is 6.16. The van der Waals surface area contributed by atoms with E-state index in [2.05, 4.69) is 56.7 Å². The summed E-state index contributed by atoms with van der Waals surface area (Å²) in [4.78, 5) is 9.45. The van der Waals surface area contributed by atoms with Crippen molar-refractivity contribution in [1.29, 1.82) is 0 Å². The zero-order chi connectivity index (χ0) is 19.8. The molecule has 0 radical (unpaired) electrons. The molecule has 0 saturated carbocycles. The number of guanidine groups is 1. The number of methoxy groups -OCH3 is 1. The van der Waals surface area contributed by atoms with E-state index in [0.29, 0.717) is 6.04 Å². The van der Waals surface area contributed by atoms with Crippen LogP contribution in [0.1, 0.15) is 37.3 Å². The maximum Gasteiger partial charge on any atom is 0.191 e. The highest BCUT2D eigenvalue weighted by Gasteiger charge is 2.24. The van der Waals surface area contributed by atoms with Gasteiger partial charge in [0.05, 0.1) is 13.2 Å². The molecule has 2 aliphatic rings. The third kappa shape index (κ3) is 5.85. The van der Waals surface area contributed by atoms with Gasteiger partial charge >= 0.3 is 0 Å². The van der Waals surface area contributed by atoms with Crippen LogP contribution in [0.3, 0.4) is 0 Å². The van der Waals surface area contributed by atoms with Crippen molar-refractivity contribution in [3.63, 3.8) is 0 Å². The maximum absolute atomic E-state index is 5.32. The van der Waals surface area contributed by atoms with Gasteiger partial charge in [0.15, 0.2) is 5.96 Å². The normalized spacial score (nSPS) is 20.9. The monoisotopic (exact) mass is 387 g/mol. The molecular formula is C22H37N5O. The van der Waals surface area contributed by atoms with E-state index < -0.39 is 0 Å². The Balaban J connectivity index is 1.55. The molecule has 2 saturated heterocycles. The molecule has 2 N–H and O–H groups in total. The molecule has 1 aromatic carbocycles. The van der Waals surface area contributed by atoms with Crippen LogP contribution in [0.5, 0.6) is 5.75 Å². The predicted molar refractivity (Wildman–Crippen MR) is 116 cm³/mol. The summed E-state index contributed by atoms with van der Waals surface area (Å²) in [7, 11) is 5.79. The number of rotatable bonds is 7. The highest BCUT2D eigenvalue weighted by atomic mass is 16.5. The van der Waals surface area contributed by atoms with Gasteiger partial charge in [-0.05, 0) is 82.5 Å². The second-order valence-electron chi connectivity index (χ2n) is 8.11. The summed E-state index contributed by atoms with van der Waals surface area (Å²) in [6.45, 7) is 6.60. The Morgan fingerprint density at radius 1 is 1.11 bits per heavy atom. The third-order valence-electron chi connectivity index (χ3n) is 6.16. The lowest BCUT2D eigenvalue weighted by Crippen LogP contribution is -2.45. The Morgan fingerprint density at radius 2 is 1.79 bits per heavy atom. The summed E-state index contributed by atoms with van der Waals surface area (Å²) in [5, 5.41) is 7.13. The van der Waals surface area contributed by atoms with Gasteiger partial charge in [-0.1, -0.05) is 12.1 Å². The lowest BCUT2D eigenvalue weighted by Gasteiger charge is -2.30. The zero-order valence-corrected chi connectivity index (χ0v) is 17.8. The average Bonchev–Trinajstić information content (AvgIpc) is 3.26. The topological polar surface area (TPSA) is 52.1 Å². The Bertz CT molecular complexity index is 604. The van der Waals surface area contributed by atoms with E-state index in [-0.39, 0.29) is 0 Å². The summed E-state index contributed by atoms with van der Waals surface area (Å²) in [5.41, 5.74) is 1.33. The Labute approximate surface area is 170 Å². The molecule has 1 aromatic rings. The quantitative estimate of drug-likeness (QED) is 0.556. The number of aliphatic imine (C=N–C) groups is 1. The molecule has 0 spiro atoms. The molecular weight excluding hydrogens is 350 g/mol. The molecule has 0 aliphatic carbocycles. The van der Waals surface area contributed by atoms with E-state index in [1.54, 1.807) is 7.11 Å². The second-order valence-corrected chi connectivity index (χ2v) is 8.11. The lowest BCUT2D eigenvalue weighted by molar-refractivity contribution is 0.219. The van der Waals surface area contributed by atoms with Gasteiger partial charge in [0.1, 0.15) is 5.75 Å². The fourth-order valence-corrected chi connectivity index (χ4v) is 4.26. The van der Waals surface area contributed by atoms with Crippen molar-refractivity contribution in [2.75, 3.05) is 60.5 Å². The van der Waals surface area contributed by atoms with Crippen molar-refractivity contribution in [2.24, 2.45) is 10.9 Å². The number of nitrogens with zero attached hydrogens (tertiary/aromatic N) is 3. The van der Waals surface area contributed by atoms with Gasteiger partial charge in [0, 0.05) is 20.1 Å². The van der Waals surface area contributed by atoms with Gasteiger partial charge in [-0.15, -0.1) is 0 Å². The van der Waals surface area contributed by atoms with Crippen LogP contribution in [0, 0.1) is 5.92 Å². The van der Waals surface area contributed by atoms with Gasteiger partial charge in [0.2, 0.25) is 0 Å². The Morgan fingerprint density at radius 3 is 2.39 bits per heavy atom. The summed E-state index contributed by atoms with van der Waals surface area (Å²) >= 11 is 0. The highest BCUT2D eigenvalue weighted by Crippen LogP contribution is 2.26. The molecule has 1 unspecified atom stereocenters. The van der Waals surface area contributed by atoms with Crippen LogP contribution >= 0.6 is 0 Å². The van der Waals surface area contributed by atoms with Crippen LogP contribution in [0.15, 0.2) is 29.3 Å². The van der Waals surface area contributed by atoms with Gasteiger partial charge in [-0.3, -0.25) is 9.89 Å². The second kappa shape index (κ2) is 10.7. The van der Waals surface area contributed by atoms with Crippen molar-refractivity contribution in [2.45, 2.75) is 31.7 Å². The summed E-state index contributed by atoms with van der Waals surface area (Å²) < 4.78 is 5.32. The van der Waals surface area contributed by atoms with Gasteiger partial charge in [0.25, 0.3) is 0 Å². The SMILES string of the molecule is CN=C(NCC1CCN(C)CC1)NCC(c1ccc(OC)cc1)N1CCCC1. The highest BCUT2D eigenvalue weighted by molar-refractivity contribution is 5.79. The first-order valence-electron chi connectivity index (χ1n) is 10.7. The number of hydrogen-bond donors (Lipinski definition) is 2. The van der Waals surface area contributed by atoms with Crippen molar-refractivity contribution in [1.82, 2.24) is 20.4 Å². The number of ether oxygens (including phenoxy) is 1. The first-order chi connectivity index (χ1) is 13.7. The van der Waals surface area contributed by atoms with Crippen molar-refractivity contribution in [3.8, 4) is 5.75 Å². The number of benzene rings is 1. The van der Waals surface area contributed by atoms with Crippen molar-refractivity contribution in [3.05, 3.63) is 29.8 Å². The molecule has 6 heteroatoms. The molecule has 0 bridgehead atoms. The molecule has 0 aromatic heterocycles. The molecule has 156 valence electrons. The largest absolute Gasteiger partial charge is 0.497 e. The van der Waals surface area contributed by atoms with Crippen LogP contribution < -0.4 is 15.4 Å². The molecule has 6 nitrogen and oxygen atoms in total. The number of hydrogen-bond acceptors (Lipinski definition) is 4. The minimum absolute atomic E-state index is 0.357. The van der Waals surface area contributed by atoms with Crippen molar-refractivity contribution < 1.29 is 4.74 Å².